The molecule has 0 atom stereocenters. The molecule has 0 saturated carbocycles. The summed E-state index contributed by atoms with van der Waals surface area (Å²) < 4.78 is 11.0. The van der Waals surface area contributed by atoms with Gasteiger partial charge < -0.3 is 25.9 Å². The largest absolute Gasteiger partial charge is 0.463 e. The van der Waals surface area contributed by atoms with Crippen molar-refractivity contribution >= 4 is 28.5 Å². The summed E-state index contributed by atoms with van der Waals surface area (Å²) in [5.74, 6) is -0.422. The summed E-state index contributed by atoms with van der Waals surface area (Å²) >= 11 is 0. The number of hydrogen-bond donors (Lipinski definition) is 5. The number of aromatic nitrogens is 1. The van der Waals surface area contributed by atoms with Crippen molar-refractivity contribution in [2.45, 2.75) is 13.0 Å². The van der Waals surface area contributed by atoms with Crippen molar-refractivity contribution in [3.05, 3.63) is 95.1 Å². The fourth-order valence-corrected chi connectivity index (χ4v) is 3.84. The van der Waals surface area contributed by atoms with Gasteiger partial charge in [0.25, 0.3) is 0 Å². The van der Waals surface area contributed by atoms with E-state index >= 15 is 0 Å². The zero-order valence-corrected chi connectivity index (χ0v) is 19.1. The Bertz CT molecular complexity index is 1360. The van der Waals surface area contributed by atoms with Crippen molar-refractivity contribution in [1.29, 1.82) is 10.8 Å². The molecule has 0 radical (unpaired) electrons. The molecule has 0 spiro atoms. The van der Waals surface area contributed by atoms with E-state index in [1.807, 2.05) is 48.5 Å². The number of benzene rings is 3. The number of rotatable bonds is 10. The second-order valence-electron chi connectivity index (χ2n) is 8.08. The lowest BCUT2D eigenvalue weighted by atomic mass is 10.0. The Morgan fingerprint density at radius 2 is 1.54 bits per heavy atom. The van der Waals surface area contributed by atoms with Crippen LogP contribution in [0.4, 0.5) is 0 Å². The Morgan fingerprint density at radius 3 is 2.23 bits per heavy atom. The van der Waals surface area contributed by atoms with Crippen molar-refractivity contribution in [3.8, 4) is 11.3 Å². The summed E-state index contributed by atoms with van der Waals surface area (Å²) in [6, 6.07) is 22.4. The number of nitrogens with one attached hydrogen (secondary N) is 3. The molecule has 0 aliphatic heterocycles. The summed E-state index contributed by atoms with van der Waals surface area (Å²) in [4.78, 5) is 16.1. The van der Waals surface area contributed by atoms with E-state index in [0.717, 1.165) is 33.3 Å². The standard InChI is InChI=1S/C27H27N5O3/c28-26(29)19-8-6-18(7-9-19)25-22(21-11-10-20(27(30)31)14-23(21)32-25)15-24(33)35-13-12-34-16-17-4-2-1-3-5-17/h1-11,14,32H,12-13,15-16H2,(H3,28,29)(H3,30,31). The number of nitrogen functional groups attached to an aromatic ring is 2. The zero-order chi connectivity index (χ0) is 24.8. The lowest BCUT2D eigenvalue weighted by molar-refractivity contribution is -0.144. The fraction of sp³-hybridized carbons (Fsp3) is 0.148. The van der Waals surface area contributed by atoms with E-state index in [0.29, 0.717) is 24.3 Å². The van der Waals surface area contributed by atoms with Crippen LogP contribution in [0.3, 0.4) is 0 Å². The number of esters is 1. The molecule has 4 aromatic rings. The normalized spacial score (nSPS) is 10.9. The molecule has 0 aliphatic carbocycles. The maximum atomic E-state index is 12.7. The molecule has 0 bridgehead atoms. The molecular weight excluding hydrogens is 442 g/mol. The highest BCUT2D eigenvalue weighted by molar-refractivity contribution is 6.01. The van der Waals surface area contributed by atoms with Crippen LogP contribution in [-0.2, 0) is 27.3 Å². The second kappa shape index (κ2) is 10.7. The minimum atomic E-state index is -0.369. The first kappa shape index (κ1) is 23.7. The van der Waals surface area contributed by atoms with Gasteiger partial charge in [-0.15, -0.1) is 0 Å². The number of nitrogens with two attached hydrogens (primary N) is 2. The van der Waals surface area contributed by atoms with Gasteiger partial charge in [-0.2, -0.15) is 0 Å². The molecular formula is C27H27N5O3. The van der Waals surface area contributed by atoms with E-state index in [1.165, 1.54) is 0 Å². The Kier molecular flexibility index (Phi) is 7.23. The van der Waals surface area contributed by atoms with Gasteiger partial charge in [-0.25, -0.2) is 0 Å². The number of amidine groups is 2. The van der Waals surface area contributed by atoms with E-state index in [1.54, 1.807) is 24.3 Å². The van der Waals surface area contributed by atoms with Crippen LogP contribution >= 0.6 is 0 Å². The first-order valence-corrected chi connectivity index (χ1v) is 11.1. The Hall–Kier alpha value is -4.43. The van der Waals surface area contributed by atoms with Crippen LogP contribution in [0.1, 0.15) is 22.3 Å². The maximum absolute atomic E-state index is 12.7. The van der Waals surface area contributed by atoms with E-state index in [-0.39, 0.29) is 30.7 Å². The van der Waals surface area contributed by atoms with Crippen molar-refractivity contribution < 1.29 is 14.3 Å². The molecule has 4 rings (SSSR count). The lowest BCUT2D eigenvalue weighted by Crippen LogP contribution is -2.13. The molecule has 0 aliphatic rings. The minimum Gasteiger partial charge on any atom is -0.463 e. The first-order valence-electron chi connectivity index (χ1n) is 11.1. The first-order chi connectivity index (χ1) is 16.9. The number of fused-ring (bicyclic) bond motifs is 1. The third kappa shape index (κ3) is 5.74. The number of carbonyl (C=O) groups excluding carboxylic acids is 1. The topological polar surface area (TPSA) is 151 Å². The van der Waals surface area contributed by atoms with Gasteiger partial charge in [-0.05, 0) is 22.8 Å². The number of ether oxygens (including phenoxy) is 2. The van der Waals surface area contributed by atoms with Gasteiger partial charge >= 0.3 is 5.97 Å². The highest BCUT2D eigenvalue weighted by atomic mass is 16.6. The molecule has 3 aromatic carbocycles. The monoisotopic (exact) mass is 469 g/mol. The Labute approximate surface area is 202 Å². The van der Waals surface area contributed by atoms with Crippen LogP contribution in [0.5, 0.6) is 0 Å². The smallest absolute Gasteiger partial charge is 0.310 e. The summed E-state index contributed by atoms with van der Waals surface area (Å²) in [5.41, 5.74) is 16.6. The predicted molar refractivity (Wildman–Crippen MR) is 137 cm³/mol. The number of carbonyl (C=O) groups is 1. The molecule has 0 fully saturated rings. The Balaban J connectivity index is 1.50. The van der Waals surface area contributed by atoms with Crippen LogP contribution in [-0.4, -0.2) is 35.8 Å². The minimum absolute atomic E-state index is 0.0161. The third-order valence-corrected chi connectivity index (χ3v) is 5.63. The number of aromatic amines is 1. The molecule has 1 heterocycles. The van der Waals surface area contributed by atoms with Crippen LogP contribution in [0.2, 0.25) is 0 Å². The van der Waals surface area contributed by atoms with Gasteiger partial charge in [0.1, 0.15) is 18.3 Å². The van der Waals surface area contributed by atoms with E-state index in [9.17, 15) is 4.79 Å². The lowest BCUT2D eigenvalue weighted by Gasteiger charge is -2.08. The zero-order valence-electron chi connectivity index (χ0n) is 19.1. The highest BCUT2D eigenvalue weighted by Gasteiger charge is 2.18. The van der Waals surface area contributed by atoms with Gasteiger partial charge in [-0.3, -0.25) is 15.6 Å². The van der Waals surface area contributed by atoms with Gasteiger partial charge in [0, 0.05) is 22.0 Å². The fourth-order valence-electron chi connectivity index (χ4n) is 3.84. The van der Waals surface area contributed by atoms with Gasteiger partial charge in [0.05, 0.1) is 25.3 Å². The predicted octanol–water partition coefficient (Wildman–Crippen LogP) is 3.71. The van der Waals surface area contributed by atoms with Crippen molar-refractivity contribution in [1.82, 2.24) is 4.98 Å². The number of H-pyrrole nitrogens is 1. The van der Waals surface area contributed by atoms with Crippen LogP contribution in [0.15, 0.2) is 72.8 Å². The maximum Gasteiger partial charge on any atom is 0.310 e. The second-order valence-corrected chi connectivity index (χ2v) is 8.08. The van der Waals surface area contributed by atoms with Crippen molar-refractivity contribution in [2.75, 3.05) is 13.2 Å². The molecule has 0 amide bonds. The molecule has 178 valence electrons. The number of hydrogen-bond acceptors (Lipinski definition) is 5. The van der Waals surface area contributed by atoms with Gasteiger partial charge in [0.2, 0.25) is 0 Å². The molecule has 0 saturated heterocycles. The molecule has 8 nitrogen and oxygen atoms in total. The highest BCUT2D eigenvalue weighted by Crippen LogP contribution is 2.32. The summed E-state index contributed by atoms with van der Waals surface area (Å²) in [6.45, 7) is 0.917. The average Bonchev–Trinajstić information content (AvgIpc) is 3.22. The average molecular weight is 470 g/mol. The van der Waals surface area contributed by atoms with Gasteiger partial charge in [-0.1, -0.05) is 66.7 Å². The molecule has 35 heavy (non-hydrogen) atoms. The SMILES string of the molecule is N=C(N)c1ccc(-c2[nH]c3cc(C(=N)N)ccc3c2CC(=O)OCCOCc2ccccc2)cc1. The molecule has 8 heteroatoms. The summed E-state index contributed by atoms with van der Waals surface area (Å²) in [5, 5.41) is 16.2. The quantitative estimate of drug-likeness (QED) is 0.104. The van der Waals surface area contributed by atoms with E-state index in [2.05, 4.69) is 4.98 Å². The van der Waals surface area contributed by atoms with Crippen LogP contribution < -0.4 is 11.5 Å². The van der Waals surface area contributed by atoms with Crippen LogP contribution in [0, 0.1) is 10.8 Å². The summed E-state index contributed by atoms with van der Waals surface area (Å²) in [6.07, 6.45) is 0.0574. The Morgan fingerprint density at radius 1 is 0.857 bits per heavy atom. The summed E-state index contributed by atoms with van der Waals surface area (Å²) in [7, 11) is 0. The van der Waals surface area contributed by atoms with Crippen LogP contribution in [0.25, 0.3) is 22.2 Å². The van der Waals surface area contributed by atoms with E-state index < -0.39 is 0 Å². The van der Waals surface area contributed by atoms with Gasteiger partial charge in [0.15, 0.2) is 0 Å². The van der Waals surface area contributed by atoms with Crippen molar-refractivity contribution in [3.63, 3.8) is 0 Å². The molecule has 1 aromatic heterocycles. The van der Waals surface area contributed by atoms with E-state index in [4.69, 9.17) is 31.8 Å². The molecule has 0 unspecified atom stereocenters. The van der Waals surface area contributed by atoms with Crippen molar-refractivity contribution in [2.24, 2.45) is 11.5 Å². The third-order valence-electron chi connectivity index (χ3n) is 5.63. The molecule has 7 N–H and O–H groups in total.